The molecule has 0 amide bonds. The highest BCUT2D eigenvalue weighted by Crippen LogP contribution is 2.34. The van der Waals surface area contributed by atoms with Crippen molar-refractivity contribution >= 4 is 15.9 Å². The van der Waals surface area contributed by atoms with Crippen LogP contribution in [0.4, 0.5) is 0 Å². The summed E-state index contributed by atoms with van der Waals surface area (Å²) in [4.78, 5) is 0. The van der Waals surface area contributed by atoms with E-state index in [2.05, 4.69) is 15.9 Å². The van der Waals surface area contributed by atoms with Crippen LogP contribution in [0.3, 0.4) is 0 Å². The fourth-order valence-corrected chi connectivity index (χ4v) is 3.56. The van der Waals surface area contributed by atoms with Gasteiger partial charge in [-0.15, -0.1) is 0 Å². The average molecular weight is 341 g/mol. The Kier molecular flexibility index (Phi) is 6.37. The van der Waals surface area contributed by atoms with Crippen molar-refractivity contribution in [1.29, 1.82) is 0 Å². The van der Waals surface area contributed by atoms with Crippen molar-refractivity contribution in [3.05, 3.63) is 28.2 Å². The molecule has 20 heavy (non-hydrogen) atoms. The molecule has 2 rings (SSSR count). The highest BCUT2D eigenvalue weighted by Gasteiger charge is 2.18. The first-order valence-corrected chi connectivity index (χ1v) is 8.60. The third kappa shape index (κ3) is 4.49. The molecule has 0 aliphatic heterocycles. The van der Waals surface area contributed by atoms with Crippen LogP contribution in [0, 0.1) is 5.92 Å². The van der Waals surface area contributed by atoms with Crippen molar-refractivity contribution in [2.24, 2.45) is 5.92 Å². The maximum Gasteiger partial charge on any atom is 0.133 e. The van der Waals surface area contributed by atoms with Crippen molar-refractivity contribution in [2.45, 2.75) is 58.0 Å². The fourth-order valence-electron chi connectivity index (χ4n) is 3.05. The number of rotatable bonds is 5. The van der Waals surface area contributed by atoms with Gasteiger partial charge in [0.05, 0.1) is 17.2 Å². The van der Waals surface area contributed by atoms with E-state index in [1.165, 1.54) is 38.5 Å². The number of hydrogen-bond acceptors (Lipinski definition) is 2. The van der Waals surface area contributed by atoms with Crippen LogP contribution in [0.1, 0.15) is 63.5 Å². The van der Waals surface area contributed by atoms with Crippen LogP contribution in [0.5, 0.6) is 5.75 Å². The van der Waals surface area contributed by atoms with E-state index in [1.54, 1.807) is 0 Å². The molecule has 2 nitrogen and oxygen atoms in total. The van der Waals surface area contributed by atoms with Crippen molar-refractivity contribution in [1.82, 2.24) is 0 Å². The Morgan fingerprint density at radius 3 is 2.55 bits per heavy atom. The maximum absolute atomic E-state index is 10.4. The lowest BCUT2D eigenvalue weighted by molar-refractivity contribution is 0.139. The third-order valence-corrected chi connectivity index (χ3v) is 4.79. The molecular weight excluding hydrogens is 316 g/mol. The second-order valence-corrected chi connectivity index (χ2v) is 6.59. The Labute approximate surface area is 130 Å². The zero-order valence-corrected chi connectivity index (χ0v) is 13.9. The van der Waals surface area contributed by atoms with Crippen LogP contribution in [0.25, 0.3) is 0 Å². The second kappa shape index (κ2) is 8.04. The molecular formula is C17H25BrO2. The number of ether oxygens (including phenoxy) is 1. The zero-order valence-electron chi connectivity index (χ0n) is 12.3. The van der Waals surface area contributed by atoms with Gasteiger partial charge in [-0.05, 0) is 52.9 Å². The Bertz CT molecular complexity index is 411. The molecule has 0 radical (unpaired) electrons. The van der Waals surface area contributed by atoms with Gasteiger partial charge in [-0.3, -0.25) is 0 Å². The van der Waals surface area contributed by atoms with Gasteiger partial charge in [0.1, 0.15) is 5.75 Å². The molecule has 1 aliphatic carbocycles. The molecule has 1 saturated carbocycles. The van der Waals surface area contributed by atoms with E-state index < -0.39 is 0 Å². The van der Waals surface area contributed by atoms with Gasteiger partial charge in [-0.1, -0.05) is 44.6 Å². The summed E-state index contributed by atoms with van der Waals surface area (Å²) in [6, 6.07) is 5.92. The van der Waals surface area contributed by atoms with Crippen molar-refractivity contribution in [2.75, 3.05) is 6.61 Å². The Morgan fingerprint density at radius 1 is 1.25 bits per heavy atom. The lowest BCUT2D eigenvalue weighted by Crippen LogP contribution is -2.07. The summed E-state index contributed by atoms with van der Waals surface area (Å²) < 4.78 is 6.44. The summed E-state index contributed by atoms with van der Waals surface area (Å²) in [5, 5.41) is 10.4. The van der Waals surface area contributed by atoms with Crippen LogP contribution in [0.2, 0.25) is 0 Å². The fraction of sp³-hybridized carbons (Fsp3) is 0.647. The topological polar surface area (TPSA) is 29.5 Å². The van der Waals surface area contributed by atoms with Gasteiger partial charge in [0, 0.05) is 0 Å². The molecule has 1 fully saturated rings. The van der Waals surface area contributed by atoms with Crippen molar-refractivity contribution in [3.8, 4) is 5.75 Å². The van der Waals surface area contributed by atoms with E-state index in [0.29, 0.717) is 12.5 Å². The lowest BCUT2D eigenvalue weighted by atomic mass is 9.91. The standard InChI is InChI=1S/C17H25BrO2/c1-2-20-17-10-9-14(12-15(17)18)16(19)11-13-7-5-3-4-6-8-13/h9-10,12-13,16,19H,2-8,11H2,1H3. The summed E-state index contributed by atoms with van der Waals surface area (Å²) in [5.74, 6) is 1.52. The number of hydrogen-bond donors (Lipinski definition) is 1. The number of halogens is 1. The van der Waals surface area contributed by atoms with E-state index in [4.69, 9.17) is 4.74 Å². The molecule has 0 saturated heterocycles. The molecule has 3 heteroatoms. The minimum atomic E-state index is -0.356. The first kappa shape index (κ1) is 15.8. The molecule has 0 aromatic heterocycles. The summed E-state index contributed by atoms with van der Waals surface area (Å²) in [6.45, 7) is 2.63. The third-order valence-electron chi connectivity index (χ3n) is 4.17. The van der Waals surface area contributed by atoms with Crippen LogP contribution < -0.4 is 4.74 Å². The van der Waals surface area contributed by atoms with Crippen molar-refractivity contribution < 1.29 is 9.84 Å². The van der Waals surface area contributed by atoms with Gasteiger partial charge in [-0.2, -0.15) is 0 Å². The van der Waals surface area contributed by atoms with E-state index in [1.807, 2.05) is 25.1 Å². The lowest BCUT2D eigenvalue weighted by Gasteiger charge is -2.19. The minimum Gasteiger partial charge on any atom is -0.493 e. The van der Waals surface area contributed by atoms with Gasteiger partial charge in [-0.25, -0.2) is 0 Å². The highest BCUT2D eigenvalue weighted by atomic mass is 79.9. The van der Waals surface area contributed by atoms with Gasteiger partial charge in [0.15, 0.2) is 0 Å². The monoisotopic (exact) mass is 340 g/mol. The SMILES string of the molecule is CCOc1ccc(C(O)CC2CCCCCC2)cc1Br. The normalized spacial score (nSPS) is 18.6. The zero-order chi connectivity index (χ0) is 14.4. The molecule has 1 aromatic rings. The van der Waals surface area contributed by atoms with E-state index in [9.17, 15) is 5.11 Å². The number of benzene rings is 1. The molecule has 1 unspecified atom stereocenters. The molecule has 0 spiro atoms. The van der Waals surface area contributed by atoms with Crippen LogP contribution in [-0.4, -0.2) is 11.7 Å². The predicted octanol–water partition coefficient (Wildman–Crippen LogP) is 5.24. The van der Waals surface area contributed by atoms with Gasteiger partial charge in [0.25, 0.3) is 0 Å². The second-order valence-electron chi connectivity index (χ2n) is 5.73. The average Bonchev–Trinajstić information content (AvgIpc) is 2.70. The van der Waals surface area contributed by atoms with Gasteiger partial charge in [0.2, 0.25) is 0 Å². The number of aliphatic hydroxyl groups is 1. The molecule has 1 N–H and O–H groups in total. The van der Waals surface area contributed by atoms with Crippen LogP contribution >= 0.6 is 15.9 Å². The molecule has 1 aliphatic rings. The minimum absolute atomic E-state index is 0.356. The Balaban J connectivity index is 1.97. The highest BCUT2D eigenvalue weighted by molar-refractivity contribution is 9.10. The van der Waals surface area contributed by atoms with Crippen LogP contribution in [0.15, 0.2) is 22.7 Å². The summed E-state index contributed by atoms with van der Waals surface area (Å²) in [7, 11) is 0. The predicted molar refractivity (Wildman–Crippen MR) is 86.1 cm³/mol. The molecule has 0 bridgehead atoms. The Hall–Kier alpha value is -0.540. The number of aliphatic hydroxyl groups excluding tert-OH is 1. The summed E-state index contributed by atoms with van der Waals surface area (Å²) >= 11 is 3.52. The first-order valence-electron chi connectivity index (χ1n) is 7.81. The Morgan fingerprint density at radius 2 is 1.95 bits per heavy atom. The summed E-state index contributed by atoms with van der Waals surface area (Å²) in [6.07, 6.45) is 8.45. The van der Waals surface area contributed by atoms with E-state index in [0.717, 1.165) is 22.2 Å². The van der Waals surface area contributed by atoms with Gasteiger partial charge < -0.3 is 9.84 Å². The quantitative estimate of drug-likeness (QED) is 0.742. The van der Waals surface area contributed by atoms with Crippen LogP contribution in [-0.2, 0) is 0 Å². The maximum atomic E-state index is 10.4. The molecule has 1 aromatic carbocycles. The smallest absolute Gasteiger partial charge is 0.133 e. The van der Waals surface area contributed by atoms with Crippen molar-refractivity contribution in [3.63, 3.8) is 0 Å². The van der Waals surface area contributed by atoms with E-state index in [-0.39, 0.29) is 6.10 Å². The molecule has 112 valence electrons. The molecule has 1 atom stereocenters. The van der Waals surface area contributed by atoms with E-state index >= 15 is 0 Å². The molecule has 0 heterocycles. The first-order chi connectivity index (χ1) is 9.70. The summed E-state index contributed by atoms with van der Waals surface area (Å²) in [5.41, 5.74) is 0.990. The largest absolute Gasteiger partial charge is 0.493 e. The van der Waals surface area contributed by atoms with Gasteiger partial charge >= 0.3 is 0 Å².